The predicted molar refractivity (Wildman–Crippen MR) is 66.3 cm³/mol. The molecular weight excluding hydrogens is 198 g/mol. The molecule has 0 spiro atoms. The lowest BCUT2D eigenvalue weighted by Crippen LogP contribution is -1.97. The largest absolute Gasteiger partial charge is 0.494 e. The van der Waals surface area contributed by atoms with Crippen LogP contribution in [0.1, 0.15) is 30.5 Å². The molecule has 0 fully saturated rings. The number of allylic oxidation sites excluding steroid dienone is 2. The first-order valence-electron chi connectivity index (χ1n) is 5.44. The average Bonchev–Trinajstić information content (AvgIpc) is 2.26. The number of hydrogen-bond acceptors (Lipinski definition) is 2. The Hall–Kier alpha value is -1.75. The van der Waals surface area contributed by atoms with Crippen LogP contribution in [-0.4, -0.2) is 6.61 Å². The van der Waals surface area contributed by atoms with Gasteiger partial charge in [-0.3, -0.25) is 0 Å². The van der Waals surface area contributed by atoms with E-state index in [2.05, 4.69) is 6.07 Å². The van der Waals surface area contributed by atoms with E-state index in [0.29, 0.717) is 12.2 Å². The number of nitriles is 1. The van der Waals surface area contributed by atoms with E-state index in [1.165, 1.54) is 0 Å². The highest BCUT2D eigenvalue weighted by atomic mass is 16.5. The third-order valence-corrected chi connectivity index (χ3v) is 2.52. The van der Waals surface area contributed by atoms with E-state index in [1.54, 1.807) is 0 Å². The van der Waals surface area contributed by atoms with Gasteiger partial charge >= 0.3 is 0 Å². The second-order valence-corrected chi connectivity index (χ2v) is 3.68. The van der Waals surface area contributed by atoms with Crippen LogP contribution in [0.15, 0.2) is 18.2 Å². The monoisotopic (exact) mass is 215 g/mol. The Bertz CT molecular complexity index is 453. The molecule has 2 nitrogen and oxygen atoms in total. The van der Waals surface area contributed by atoms with Crippen molar-refractivity contribution in [1.82, 2.24) is 0 Å². The molecule has 0 bridgehead atoms. The van der Waals surface area contributed by atoms with E-state index >= 15 is 0 Å². The second kappa shape index (κ2) is 5.37. The minimum Gasteiger partial charge on any atom is -0.494 e. The van der Waals surface area contributed by atoms with Crippen molar-refractivity contribution < 1.29 is 4.74 Å². The van der Waals surface area contributed by atoms with Gasteiger partial charge in [-0.25, -0.2) is 0 Å². The minimum absolute atomic E-state index is 0.661. The zero-order chi connectivity index (χ0) is 12.1. The van der Waals surface area contributed by atoms with Crippen molar-refractivity contribution in [1.29, 1.82) is 5.26 Å². The molecular formula is C14H17NO. The lowest BCUT2D eigenvalue weighted by molar-refractivity contribution is 0.337. The van der Waals surface area contributed by atoms with Gasteiger partial charge in [0.2, 0.25) is 0 Å². The van der Waals surface area contributed by atoms with Crippen molar-refractivity contribution >= 4 is 5.57 Å². The van der Waals surface area contributed by atoms with Crippen molar-refractivity contribution in [2.75, 3.05) is 6.61 Å². The van der Waals surface area contributed by atoms with Crippen molar-refractivity contribution in [3.8, 4) is 11.8 Å². The lowest BCUT2D eigenvalue weighted by Gasteiger charge is -2.11. The van der Waals surface area contributed by atoms with Gasteiger partial charge in [0, 0.05) is 0 Å². The number of nitrogens with zero attached hydrogens (tertiary/aromatic N) is 1. The molecule has 1 rings (SSSR count). The summed E-state index contributed by atoms with van der Waals surface area (Å²) in [5.74, 6) is 0.900. The van der Waals surface area contributed by atoms with Crippen LogP contribution in [0.5, 0.6) is 5.75 Å². The maximum absolute atomic E-state index is 9.02. The summed E-state index contributed by atoms with van der Waals surface area (Å²) in [6, 6.07) is 6.22. The first-order chi connectivity index (χ1) is 7.63. The summed E-state index contributed by atoms with van der Waals surface area (Å²) >= 11 is 0. The molecule has 0 amide bonds. The molecule has 1 aromatic carbocycles. The Kier molecular flexibility index (Phi) is 4.13. The first-order valence-corrected chi connectivity index (χ1v) is 5.44. The van der Waals surface area contributed by atoms with Crippen molar-refractivity contribution in [3.05, 3.63) is 34.9 Å². The number of rotatable bonds is 3. The van der Waals surface area contributed by atoms with Crippen LogP contribution < -0.4 is 4.74 Å². The molecule has 0 aliphatic rings. The lowest BCUT2D eigenvalue weighted by atomic mass is 9.98. The van der Waals surface area contributed by atoms with Gasteiger partial charge in [-0.2, -0.15) is 5.26 Å². The van der Waals surface area contributed by atoms with E-state index in [1.807, 2.05) is 45.9 Å². The van der Waals surface area contributed by atoms with Crippen LogP contribution in [0.3, 0.4) is 0 Å². The molecule has 0 saturated heterocycles. The van der Waals surface area contributed by atoms with E-state index in [0.717, 1.165) is 22.4 Å². The van der Waals surface area contributed by atoms with Crippen LogP contribution in [0, 0.1) is 25.2 Å². The van der Waals surface area contributed by atoms with Gasteiger partial charge in [-0.05, 0) is 56.5 Å². The summed E-state index contributed by atoms with van der Waals surface area (Å²) in [6.07, 6.45) is 1.84. The molecule has 0 saturated carbocycles. The summed E-state index contributed by atoms with van der Waals surface area (Å²) in [5.41, 5.74) is 3.84. The molecule has 1 aromatic rings. The van der Waals surface area contributed by atoms with E-state index in [4.69, 9.17) is 10.00 Å². The summed E-state index contributed by atoms with van der Waals surface area (Å²) in [5, 5.41) is 9.02. The van der Waals surface area contributed by atoms with Crippen LogP contribution in [-0.2, 0) is 0 Å². The fourth-order valence-corrected chi connectivity index (χ4v) is 1.67. The highest BCUT2D eigenvalue weighted by Gasteiger charge is 2.08. The molecule has 0 N–H and O–H groups in total. The van der Waals surface area contributed by atoms with Crippen LogP contribution >= 0.6 is 0 Å². The SMILES string of the molecule is C/C=C(\C#N)c1cc(C)c(OCC)cc1C. The molecule has 0 aliphatic heterocycles. The van der Waals surface area contributed by atoms with Crippen LogP contribution in [0.25, 0.3) is 5.57 Å². The fraction of sp³-hybridized carbons (Fsp3) is 0.357. The summed E-state index contributed by atoms with van der Waals surface area (Å²) in [4.78, 5) is 0. The Labute approximate surface area is 97.2 Å². The molecule has 0 aliphatic carbocycles. The fourth-order valence-electron chi connectivity index (χ4n) is 1.67. The molecule has 0 heterocycles. The third-order valence-electron chi connectivity index (χ3n) is 2.52. The van der Waals surface area contributed by atoms with Gasteiger partial charge in [0.05, 0.1) is 18.2 Å². The van der Waals surface area contributed by atoms with Crippen LogP contribution in [0.2, 0.25) is 0 Å². The highest BCUT2D eigenvalue weighted by molar-refractivity contribution is 5.79. The van der Waals surface area contributed by atoms with Crippen LogP contribution in [0.4, 0.5) is 0 Å². The summed E-state index contributed by atoms with van der Waals surface area (Å²) in [6.45, 7) is 8.50. The molecule has 84 valence electrons. The van der Waals surface area contributed by atoms with Gasteiger partial charge in [0.1, 0.15) is 5.75 Å². The zero-order valence-corrected chi connectivity index (χ0v) is 10.3. The van der Waals surface area contributed by atoms with Gasteiger partial charge in [0.25, 0.3) is 0 Å². The molecule has 2 heteroatoms. The quantitative estimate of drug-likeness (QED) is 0.721. The van der Waals surface area contributed by atoms with Gasteiger partial charge in [0.15, 0.2) is 0 Å². The van der Waals surface area contributed by atoms with E-state index in [-0.39, 0.29) is 0 Å². The van der Waals surface area contributed by atoms with Gasteiger partial charge in [-0.1, -0.05) is 6.08 Å². The highest BCUT2D eigenvalue weighted by Crippen LogP contribution is 2.27. The average molecular weight is 215 g/mol. The number of hydrogen-bond donors (Lipinski definition) is 0. The van der Waals surface area contributed by atoms with E-state index < -0.39 is 0 Å². The van der Waals surface area contributed by atoms with Gasteiger partial charge in [-0.15, -0.1) is 0 Å². The number of benzene rings is 1. The van der Waals surface area contributed by atoms with Gasteiger partial charge < -0.3 is 4.74 Å². The second-order valence-electron chi connectivity index (χ2n) is 3.68. The zero-order valence-electron chi connectivity index (χ0n) is 10.3. The summed E-state index contributed by atoms with van der Waals surface area (Å²) < 4.78 is 5.52. The summed E-state index contributed by atoms with van der Waals surface area (Å²) in [7, 11) is 0. The Morgan fingerprint density at radius 1 is 1.38 bits per heavy atom. The predicted octanol–water partition coefficient (Wildman–Crippen LogP) is 3.63. The Morgan fingerprint density at radius 3 is 2.56 bits per heavy atom. The van der Waals surface area contributed by atoms with Crippen molar-refractivity contribution in [2.45, 2.75) is 27.7 Å². The normalized spacial score (nSPS) is 11.1. The minimum atomic E-state index is 0.661. The first kappa shape index (κ1) is 12.3. The molecule has 0 aromatic heterocycles. The topological polar surface area (TPSA) is 33.0 Å². The molecule has 0 atom stereocenters. The molecule has 0 unspecified atom stereocenters. The maximum atomic E-state index is 9.02. The standard InChI is InChI=1S/C14H17NO/c1-5-12(9-15)13-7-11(4)14(16-6-2)8-10(13)3/h5,7-8H,6H2,1-4H3/b12-5+. The maximum Gasteiger partial charge on any atom is 0.122 e. The smallest absolute Gasteiger partial charge is 0.122 e. The number of ether oxygens (including phenoxy) is 1. The third kappa shape index (κ3) is 2.43. The number of aryl methyl sites for hydroxylation is 2. The van der Waals surface area contributed by atoms with Crippen molar-refractivity contribution in [2.24, 2.45) is 0 Å². The Balaban J connectivity index is 3.26. The van der Waals surface area contributed by atoms with Crippen molar-refractivity contribution in [3.63, 3.8) is 0 Å². The Morgan fingerprint density at radius 2 is 2.06 bits per heavy atom. The molecule has 16 heavy (non-hydrogen) atoms. The molecule has 0 radical (unpaired) electrons. The van der Waals surface area contributed by atoms with E-state index in [9.17, 15) is 0 Å².